The van der Waals surface area contributed by atoms with Crippen LogP contribution in [0.5, 0.6) is 11.5 Å². The zero-order valence-corrected chi connectivity index (χ0v) is 19.5. The van der Waals surface area contributed by atoms with Gasteiger partial charge in [-0.05, 0) is 56.2 Å². The van der Waals surface area contributed by atoms with Crippen molar-refractivity contribution in [3.05, 3.63) is 59.7 Å². The number of hydrogen-bond donors (Lipinski definition) is 1. The molecule has 0 bridgehead atoms. The molecule has 0 saturated carbocycles. The predicted octanol–water partition coefficient (Wildman–Crippen LogP) is 5.58. The second-order valence-electron chi connectivity index (χ2n) is 8.96. The average Bonchev–Trinajstić information content (AvgIpc) is 2.71. The van der Waals surface area contributed by atoms with Crippen LogP contribution in [0.1, 0.15) is 52.2 Å². The maximum Gasteiger partial charge on any atom is 0.119 e. The summed E-state index contributed by atoms with van der Waals surface area (Å²) in [6, 6.07) is 16.2. The highest BCUT2D eigenvalue weighted by atomic mass is 35.5. The van der Waals surface area contributed by atoms with Crippen molar-refractivity contribution < 1.29 is 19.3 Å². The van der Waals surface area contributed by atoms with Crippen molar-refractivity contribution in [3.8, 4) is 11.5 Å². The van der Waals surface area contributed by atoms with Crippen molar-refractivity contribution in [3.63, 3.8) is 0 Å². The highest BCUT2D eigenvalue weighted by molar-refractivity contribution is 6.18. The van der Waals surface area contributed by atoms with E-state index in [0.717, 1.165) is 17.9 Å². The SMILES string of the molecule is CC(C)(C)OCCCOc1ccc(C(C)(C)c2ccc(OCC(O)CCl)cc2)cc1. The van der Waals surface area contributed by atoms with E-state index in [9.17, 15) is 5.11 Å². The van der Waals surface area contributed by atoms with Crippen molar-refractivity contribution >= 4 is 11.6 Å². The lowest BCUT2D eigenvalue weighted by Gasteiger charge is -2.26. The zero-order valence-electron chi connectivity index (χ0n) is 18.8. The van der Waals surface area contributed by atoms with Crippen LogP contribution < -0.4 is 9.47 Å². The molecule has 0 aliphatic heterocycles. The van der Waals surface area contributed by atoms with Crippen LogP contribution in [0.2, 0.25) is 0 Å². The van der Waals surface area contributed by atoms with E-state index in [0.29, 0.717) is 13.2 Å². The molecular formula is C25H35ClO4. The van der Waals surface area contributed by atoms with Gasteiger partial charge in [0.2, 0.25) is 0 Å². The summed E-state index contributed by atoms with van der Waals surface area (Å²) in [5, 5.41) is 9.51. The van der Waals surface area contributed by atoms with Gasteiger partial charge in [-0.15, -0.1) is 11.6 Å². The molecule has 1 atom stereocenters. The van der Waals surface area contributed by atoms with Crippen molar-refractivity contribution in [2.75, 3.05) is 25.7 Å². The summed E-state index contributed by atoms with van der Waals surface area (Å²) in [7, 11) is 0. The molecule has 5 heteroatoms. The van der Waals surface area contributed by atoms with Crippen molar-refractivity contribution in [1.82, 2.24) is 0 Å². The minimum atomic E-state index is -0.658. The molecule has 30 heavy (non-hydrogen) atoms. The third kappa shape index (κ3) is 7.82. The van der Waals surface area contributed by atoms with E-state index < -0.39 is 6.10 Å². The third-order valence-electron chi connectivity index (χ3n) is 4.86. The molecule has 1 N–H and O–H groups in total. The molecule has 0 radical (unpaired) electrons. The summed E-state index contributed by atoms with van der Waals surface area (Å²) >= 11 is 5.60. The lowest BCUT2D eigenvalue weighted by atomic mass is 9.78. The Morgan fingerprint density at radius 3 is 1.77 bits per heavy atom. The van der Waals surface area contributed by atoms with Crippen LogP contribution >= 0.6 is 11.6 Å². The van der Waals surface area contributed by atoms with E-state index in [1.165, 1.54) is 11.1 Å². The first kappa shape index (κ1) is 24.5. The molecule has 2 aromatic rings. The minimum Gasteiger partial charge on any atom is -0.494 e. The minimum absolute atomic E-state index is 0.108. The molecule has 0 fully saturated rings. The van der Waals surface area contributed by atoms with Crippen molar-refractivity contribution in [1.29, 1.82) is 0 Å². The largest absolute Gasteiger partial charge is 0.494 e. The van der Waals surface area contributed by atoms with E-state index in [1.54, 1.807) is 0 Å². The summed E-state index contributed by atoms with van der Waals surface area (Å²) < 4.78 is 17.1. The van der Waals surface area contributed by atoms with E-state index >= 15 is 0 Å². The van der Waals surface area contributed by atoms with Gasteiger partial charge in [0.15, 0.2) is 0 Å². The molecule has 0 heterocycles. The molecule has 0 amide bonds. The Bertz CT molecular complexity index is 748. The first-order valence-electron chi connectivity index (χ1n) is 10.5. The van der Waals surface area contributed by atoms with Gasteiger partial charge >= 0.3 is 0 Å². The summed E-state index contributed by atoms with van der Waals surface area (Å²) in [4.78, 5) is 0. The molecule has 166 valence electrons. The number of rotatable bonds is 11. The van der Waals surface area contributed by atoms with Crippen molar-refractivity contribution in [2.24, 2.45) is 0 Å². The van der Waals surface area contributed by atoms with Gasteiger partial charge in [-0.2, -0.15) is 0 Å². The van der Waals surface area contributed by atoms with Crippen LogP contribution in [-0.2, 0) is 10.2 Å². The Kier molecular flexibility index (Phi) is 9.02. The highest BCUT2D eigenvalue weighted by Crippen LogP contribution is 2.33. The van der Waals surface area contributed by atoms with Gasteiger partial charge < -0.3 is 19.3 Å². The molecule has 0 aliphatic rings. The van der Waals surface area contributed by atoms with E-state index in [2.05, 4.69) is 58.9 Å². The fourth-order valence-electron chi connectivity index (χ4n) is 2.97. The zero-order chi connectivity index (χ0) is 22.2. The number of hydrogen-bond acceptors (Lipinski definition) is 4. The highest BCUT2D eigenvalue weighted by Gasteiger charge is 2.23. The summed E-state index contributed by atoms with van der Waals surface area (Å²) in [6.07, 6.45) is 0.204. The normalized spacial score (nSPS) is 13.2. The molecule has 0 spiro atoms. The molecule has 0 aliphatic carbocycles. The summed E-state index contributed by atoms with van der Waals surface area (Å²) in [5.74, 6) is 1.75. The lowest BCUT2D eigenvalue weighted by molar-refractivity contribution is -0.00769. The standard InChI is InChI=1S/C25H35ClO4/c1-24(2,3)30-16-6-15-28-22-11-7-19(8-12-22)25(4,5)20-9-13-23(14-10-20)29-18-21(27)17-26/h7-14,21,27H,6,15-18H2,1-5H3. The van der Waals surface area contributed by atoms with Crippen LogP contribution in [0.4, 0.5) is 0 Å². The number of halogens is 1. The van der Waals surface area contributed by atoms with Crippen molar-refractivity contribution in [2.45, 2.75) is 58.2 Å². The fourth-order valence-corrected chi connectivity index (χ4v) is 3.06. The molecule has 1 unspecified atom stereocenters. The van der Waals surface area contributed by atoms with Crippen LogP contribution in [0.25, 0.3) is 0 Å². The van der Waals surface area contributed by atoms with E-state index in [-0.39, 0.29) is 23.5 Å². The number of alkyl halides is 1. The van der Waals surface area contributed by atoms with Crippen LogP contribution in [0, 0.1) is 0 Å². The summed E-state index contributed by atoms with van der Waals surface area (Å²) in [6.45, 7) is 12.1. The first-order valence-corrected chi connectivity index (χ1v) is 11.0. The average molecular weight is 435 g/mol. The van der Waals surface area contributed by atoms with Crippen LogP contribution in [0.3, 0.4) is 0 Å². The maximum absolute atomic E-state index is 9.51. The third-order valence-corrected chi connectivity index (χ3v) is 5.22. The van der Waals surface area contributed by atoms with Gasteiger partial charge in [0.05, 0.1) is 24.7 Å². The number of aliphatic hydroxyl groups is 1. The van der Waals surface area contributed by atoms with Gasteiger partial charge in [0, 0.05) is 11.8 Å². The lowest BCUT2D eigenvalue weighted by Crippen LogP contribution is -2.20. The van der Waals surface area contributed by atoms with Gasteiger partial charge in [-0.1, -0.05) is 38.1 Å². The monoisotopic (exact) mass is 434 g/mol. The molecule has 2 rings (SSSR count). The predicted molar refractivity (Wildman–Crippen MR) is 123 cm³/mol. The molecule has 0 saturated heterocycles. The molecular weight excluding hydrogens is 400 g/mol. The van der Waals surface area contributed by atoms with E-state index in [4.69, 9.17) is 25.8 Å². The smallest absolute Gasteiger partial charge is 0.119 e. The number of ether oxygens (including phenoxy) is 3. The fraction of sp³-hybridized carbons (Fsp3) is 0.520. The quantitative estimate of drug-likeness (QED) is 0.370. The Labute approximate surface area is 186 Å². The first-order chi connectivity index (χ1) is 14.1. The Hall–Kier alpha value is -1.75. The number of benzene rings is 2. The Balaban J connectivity index is 1.91. The Morgan fingerprint density at radius 2 is 1.30 bits per heavy atom. The maximum atomic E-state index is 9.51. The molecule has 0 aromatic heterocycles. The second-order valence-corrected chi connectivity index (χ2v) is 9.26. The van der Waals surface area contributed by atoms with Crippen LogP contribution in [-0.4, -0.2) is 42.5 Å². The molecule has 4 nitrogen and oxygen atoms in total. The van der Waals surface area contributed by atoms with E-state index in [1.807, 2.05) is 24.3 Å². The van der Waals surface area contributed by atoms with Gasteiger partial charge in [-0.25, -0.2) is 0 Å². The topological polar surface area (TPSA) is 47.9 Å². The second kappa shape index (κ2) is 11.0. The van der Waals surface area contributed by atoms with Gasteiger partial charge in [0.1, 0.15) is 24.2 Å². The van der Waals surface area contributed by atoms with Crippen LogP contribution in [0.15, 0.2) is 48.5 Å². The molecule has 2 aromatic carbocycles. The summed E-state index contributed by atoms with van der Waals surface area (Å²) in [5.41, 5.74) is 2.12. The Morgan fingerprint density at radius 1 is 0.800 bits per heavy atom. The number of aliphatic hydroxyl groups excluding tert-OH is 1. The van der Waals surface area contributed by atoms with Gasteiger partial charge in [-0.3, -0.25) is 0 Å². The van der Waals surface area contributed by atoms with Gasteiger partial charge in [0.25, 0.3) is 0 Å².